The number of amides is 1. The number of nitrogens with zero attached hydrogens (tertiary/aromatic N) is 1. The molecular weight excluding hydrogens is 276 g/mol. The van der Waals surface area contributed by atoms with E-state index >= 15 is 0 Å². The van der Waals surface area contributed by atoms with E-state index in [0.29, 0.717) is 5.56 Å². The zero-order valence-corrected chi connectivity index (χ0v) is 11.8. The van der Waals surface area contributed by atoms with E-state index in [-0.39, 0.29) is 17.2 Å². The molecule has 21 heavy (non-hydrogen) atoms. The minimum atomic E-state index is -1.39. The van der Waals surface area contributed by atoms with E-state index < -0.39 is 22.3 Å². The molecule has 1 aromatic carbocycles. The van der Waals surface area contributed by atoms with Crippen molar-refractivity contribution in [3.8, 4) is 0 Å². The van der Waals surface area contributed by atoms with Crippen molar-refractivity contribution >= 4 is 17.6 Å². The van der Waals surface area contributed by atoms with E-state index in [2.05, 4.69) is 5.32 Å². The zero-order valence-electron chi connectivity index (χ0n) is 11.8. The van der Waals surface area contributed by atoms with Crippen LogP contribution in [0.1, 0.15) is 35.7 Å². The molecule has 0 aliphatic heterocycles. The molecule has 1 saturated carbocycles. The van der Waals surface area contributed by atoms with Gasteiger partial charge in [0, 0.05) is 6.07 Å². The average Bonchev–Trinajstić information content (AvgIpc) is 3.22. The Morgan fingerprint density at radius 2 is 2.05 bits per heavy atom. The number of benzene rings is 1. The van der Waals surface area contributed by atoms with Crippen molar-refractivity contribution in [2.45, 2.75) is 32.2 Å². The second kappa shape index (κ2) is 5.16. The summed E-state index contributed by atoms with van der Waals surface area (Å²) in [6, 6.07) is 4.17. The molecule has 0 saturated heterocycles. The first-order chi connectivity index (χ1) is 9.75. The summed E-state index contributed by atoms with van der Waals surface area (Å²) in [7, 11) is 0. The lowest BCUT2D eigenvalue weighted by Crippen LogP contribution is -2.54. The van der Waals surface area contributed by atoms with Crippen molar-refractivity contribution < 1.29 is 19.6 Å². The summed E-state index contributed by atoms with van der Waals surface area (Å²) in [6.45, 7) is 3.14. The molecule has 1 aromatic rings. The summed E-state index contributed by atoms with van der Waals surface area (Å²) in [5.41, 5.74) is -1.15. The van der Waals surface area contributed by atoms with Gasteiger partial charge in [0.25, 0.3) is 11.6 Å². The Morgan fingerprint density at radius 1 is 1.43 bits per heavy atom. The molecule has 0 spiro atoms. The second-order valence-corrected chi connectivity index (χ2v) is 5.51. The van der Waals surface area contributed by atoms with Crippen LogP contribution in [0.25, 0.3) is 0 Å². The molecule has 7 heteroatoms. The van der Waals surface area contributed by atoms with Gasteiger partial charge in [0.05, 0.1) is 4.92 Å². The number of carbonyl (C=O) groups is 2. The summed E-state index contributed by atoms with van der Waals surface area (Å²) in [5.74, 6) is -2.00. The number of hydrogen-bond acceptors (Lipinski definition) is 4. The Morgan fingerprint density at radius 3 is 2.52 bits per heavy atom. The highest BCUT2D eigenvalue weighted by Gasteiger charge is 2.49. The van der Waals surface area contributed by atoms with Gasteiger partial charge in [-0.05, 0) is 44.2 Å². The van der Waals surface area contributed by atoms with Gasteiger partial charge in [-0.1, -0.05) is 6.07 Å². The van der Waals surface area contributed by atoms with E-state index in [1.807, 2.05) is 0 Å². The summed E-state index contributed by atoms with van der Waals surface area (Å²) in [5, 5.41) is 22.8. The zero-order chi connectivity index (χ0) is 15.8. The van der Waals surface area contributed by atoms with Gasteiger partial charge in [-0.3, -0.25) is 14.9 Å². The summed E-state index contributed by atoms with van der Waals surface area (Å²) in [4.78, 5) is 34.0. The third kappa shape index (κ3) is 2.86. The van der Waals surface area contributed by atoms with Gasteiger partial charge in [-0.2, -0.15) is 0 Å². The molecule has 112 valence electrons. The molecule has 1 unspecified atom stereocenters. The fourth-order valence-corrected chi connectivity index (χ4v) is 2.28. The number of nitrogens with one attached hydrogen (secondary N) is 1. The Kier molecular flexibility index (Phi) is 3.67. The lowest BCUT2D eigenvalue weighted by molar-refractivity contribution is -0.385. The predicted molar refractivity (Wildman–Crippen MR) is 74.1 cm³/mol. The summed E-state index contributed by atoms with van der Waals surface area (Å²) in [6.07, 6.45) is 1.44. The Hall–Kier alpha value is -2.44. The molecule has 1 fully saturated rings. The third-order valence-electron chi connectivity index (χ3n) is 3.80. The molecule has 1 aliphatic carbocycles. The topological polar surface area (TPSA) is 110 Å². The molecule has 0 bridgehead atoms. The van der Waals surface area contributed by atoms with Crippen molar-refractivity contribution in [2.75, 3.05) is 0 Å². The number of aliphatic carboxylic acids is 1. The second-order valence-electron chi connectivity index (χ2n) is 5.51. The van der Waals surface area contributed by atoms with Gasteiger partial charge >= 0.3 is 5.97 Å². The van der Waals surface area contributed by atoms with Gasteiger partial charge < -0.3 is 10.4 Å². The normalized spacial score (nSPS) is 16.9. The third-order valence-corrected chi connectivity index (χ3v) is 3.80. The maximum absolute atomic E-state index is 12.3. The number of carboxylic acids is 1. The van der Waals surface area contributed by atoms with E-state index in [9.17, 15) is 24.8 Å². The molecule has 0 heterocycles. The number of rotatable bonds is 5. The molecule has 2 rings (SSSR count). The van der Waals surface area contributed by atoms with Crippen LogP contribution >= 0.6 is 0 Å². The Labute approximate surface area is 121 Å². The van der Waals surface area contributed by atoms with Crippen LogP contribution in [-0.2, 0) is 4.79 Å². The van der Waals surface area contributed by atoms with Crippen molar-refractivity contribution in [3.05, 3.63) is 39.4 Å². The van der Waals surface area contributed by atoms with Crippen LogP contribution in [0.4, 0.5) is 5.69 Å². The highest BCUT2D eigenvalue weighted by atomic mass is 16.6. The number of carbonyl (C=O) groups excluding carboxylic acids is 1. The number of aryl methyl sites for hydroxylation is 1. The van der Waals surface area contributed by atoms with Gasteiger partial charge in [0.1, 0.15) is 11.1 Å². The minimum absolute atomic E-state index is 0.117. The minimum Gasteiger partial charge on any atom is -0.480 e. The van der Waals surface area contributed by atoms with Gasteiger partial charge in [0.2, 0.25) is 0 Å². The first-order valence-corrected chi connectivity index (χ1v) is 6.56. The van der Waals surface area contributed by atoms with E-state index in [1.54, 1.807) is 6.92 Å². The maximum atomic E-state index is 12.3. The summed E-state index contributed by atoms with van der Waals surface area (Å²) >= 11 is 0. The van der Waals surface area contributed by atoms with Gasteiger partial charge in [-0.25, -0.2) is 4.79 Å². The van der Waals surface area contributed by atoms with Crippen LogP contribution in [-0.4, -0.2) is 27.4 Å². The van der Waals surface area contributed by atoms with Crippen molar-refractivity contribution in [1.29, 1.82) is 0 Å². The fourth-order valence-electron chi connectivity index (χ4n) is 2.28. The first-order valence-electron chi connectivity index (χ1n) is 6.56. The molecule has 1 amide bonds. The highest BCUT2D eigenvalue weighted by Crippen LogP contribution is 2.40. The van der Waals surface area contributed by atoms with Crippen molar-refractivity contribution in [1.82, 2.24) is 5.32 Å². The quantitative estimate of drug-likeness (QED) is 0.636. The SMILES string of the molecule is Cc1ccc([N+](=O)[O-])c(C(=O)NC(C)(C(=O)O)C2CC2)c1. The van der Waals surface area contributed by atoms with Crippen molar-refractivity contribution in [3.63, 3.8) is 0 Å². The van der Waals surface area contributed by atoms with Crippen LogP contribution in [0.2, 0.25) is 0 Å². The predicted octanol–water partition coefficient (Wildman–Crippen LogP) is 1.89. The number of nitro benzene ring substituents is 1. The first kappa shape index (κ1) is 15.0. The smallest absolute Gasteiger partial charge is 0.329 e. The lowest BCUT2D eigenvalue weighted by Gasteiger charge is -2.26. The number of carboxylic acid groups (broad SMARTS) is 1. The molecule has 0 aromatic heterocycles. The Balaban J connectivity index is 2.34. The molecule has 0 radical (unpaired) electrons. The average molecular weight is 292 g/mol. The lowest BCUT2D eigenvalue weighted by atomic mass is 9.95. The van der Waals surface area contributed by atoms with Crippen molar-refractivity contribution in [2.24, 2.45) is 5.92 Å². The monoisotopic (exact) mass is 292 g/mol. The molecule has 1 aliphatic rings. The van der Waals surface area contributed by atoms with Crippen LogP contribution in [0, 0.1) is 23.0 Å². The molecular formula is C14H16N2O5. The van der Waals surface area contributed by atoms with Crippen LogP contribution < -0.4 is 5.32 Å². The van der Waals surface area contributed by atoms with Gasteiger partial charge in [-0.15, -0.1) is 0 Å². The largest absolute Gasteiger partial charge is 0.480 e. The fraction of sp³-hybridized carbons (Fsp3) is 0.429. The molecule has 1 atom stereocenters. The van der Waals surface area contributed by atoms with Crippen LogP contribution in [0.3, 0.4) is 0 Å². The van der Waals surface area contributed by atoms with E-state index in [0.717, 1.165) is 12.8 Å². The van der Waals surface area contributed by atoms with Gasteiger partial charge in [0.15, 0.2) is 0 Å². The standard InChI is InChI=1S/C14H16N2O5/c1-8-3-6-11(16(20)21)10(7-8)12(17)15-14(2,13(18)19)9-4-5-9/h3,6-7,9H,4-5H2,1-2H3,(H,15,17)(H,18,19). The Bertz CT molecular complexity index is 624. The number of nitro groups is 1. The maximum Gasteiger partial charge on any atom is 0.329 e. The summed E-state index contributed by atoms with van der Waals surface area (Å²) < 4.78 is 0. The number of hydrogen-bond donors (Lipinski definition) is 2. The molecule has 7 nitrogen and oxygen atoms in total. The van der Waals surface area contributed by atoms with Crippen LogP contribution in [0.5, 0.6) is 0 Å². The van der Waals surface area contributed by atoms with E-state index in [1.165, 1.54) is 25.1 Å². The molecule has 2 N–H and O–H groups in total. The highest BCUT2D eigenvalue weighted by molar-refractivity contribution is 6.01. The van der Waals surface area contributed by atoms with E-state index in [4.69, 9.17) is 0 Å². The van der Waals surface area contributed by atoms with Crippen LogP contribution in [0.15, 0.2) is 18.2 Å².